The van der Waals surface area contributed by atoms with Crippen LogP contribution in [0.15, 0.2) is 0 Å². The Hall–Kier alpha value is -1.14. The topological polar surface area (TPSA) is 102 Å². The van der Waals surface area contributed by atoms with E-state index in [0.717, 1.165) is 25.7 Å². The Balaban J connectivity index is 2.41. The third-order valence-corrected chi connectivity index (χ3v) is 3.49. The van der Waals surface area contributed by atoms with Crippen LogP contribution in [0.3, 0.4) is 0 Å². The SMILES string of the molecule is COC(=O)C(O)CNC(=O)C1CCCCC1CN. The summed E-state index contributed by atoms with van der Waals surface area (Å²) in [5.41, 5.74) is 5.65. The molecular formula is C12H22N2O4. The van der Waals surface area contributed by atoms with Gasteiger partial charge in [-0.3, -0.25) is 4.79 Å². The van der Waals surface area contributed by atoms with Gasteiger partial charge in [-0.05, 0) is 25.3 Å². The van der Waals surface area contributed by atoms with E-state index in [1.165, 1.54) is 7.11 Å². The molecule has 6 nitrogen and oxygen atoms in total. The highest BCUT2D eigenvalue weighted by atomic mass is 16.5. The molecule has 1 fully saturated rings. The fourth-order valence-electron chi connectivity index (χ4n) is 2.38. The van der Waals surface area contributed by atoms with Crippen LogP contribution in [-0.2, 0) is 14.3 Å². The highest BCUT2D eigenvalue weighted by Crippen LogP contribution is 2.29. The van der Waals surface area contributed by atoms with Crippen molar-refractivity contribution in [2.75, 3.05) is 20.2 Å². The molecule has 0 heterocycles. The minimum absolute atomic E-state index is 0.103. The molecule has 6 heteroatoms. The number of ether oxygens (including phenoxy) is 1. The Morgan fingerprint density at radius 2 is 2.11 bits per heavy atom. The van der Waals surface area contributed by atoms with Gasteiger partial charge in [-0.1, -0.05) is 12.8 Å². The van der Waals surface area contributed by atoms with Gasteiger partial charge in [0.05, 0.1) is 13.7 Å². The molecule has 0 aromatic carbocycles. The van der Waals surface area contributed by atoms with Crippen LogP contribution in [0.4, 0.5) is 0 Å². The molecule has 18 heavy (non-hydrogen) atoms. The van der Waals surface area contributed by atoms with E-state index >= 15 is 0 Å². The predicted molar refractivity (Wildman–Crippen MR) is 65.5 cm³/mol. The first kappa shape index (κ1) is 14.9. The fraction of sp³-hybridized carbons (Fsp3) is 0.833. The number of carbonyl (C=O) groups is 2. The lowest BCUT2D eigenvalue weighted by atomic mass is 9.79. The van der Waals surface area contributed by atoms with Crippen molar-refractivity contribution in [3.8, 4) is 0 Å². The van der Waals surface area contributed by atoms with Crippen molar-refractivity contribution in [3.05, 3.63) is 0 Å². The van der Waals surface area contributed by atoms with Crippen molar-refractivity contribution in [3.63, 3.8) is 0 Å². The maximum absolute atomic E-state index is 12.0. The number of nitrogens with two attached hydrogens (primary N) is 1. The van der Waals surface area contributed by atoms with E-state index in [1.54, 1.807) is 0 Å². The van der Waals surface area contributed by atoms with Crippen molar-refractivity contribution < 1.29 is 19.4 Å². The summed E-state index contributed by atoms with van der Waals surface area (Å²) in [6.45, 7) is 0.386. The Morgan fingerprint density at radius 1 is 1.44 bits per heavy atom. The standard InChI is InChI=1S/C12H22N2O4/c1-18-12(17)10(15)7-14-11(16)9-5-3-2-4-8(9)6-13/h8-10,15H,2-7,13H2,1H3,(H,14,16). The summed E-state index contributed by atoms with van der Waals surface area (Å²) in [4.78, 5) is 22.9. The van der Waals surface area contributed by atoms with Crippen LogP contribution in [-0.4, -0.2) is 43.3 Å². The lowest BCUT2D eigenvalue weighted by Gasteiger charge is -2.29. The second-order valence-corrected chi connectivity index (χ2v) is 4.67. The second-order valence-electron chi connectivity index (χ2n) is 4.67. The third-order valence-electron chi connectivity index (χ3n) is 3.49. The van der Waals surface area contributed by atoms with E-state index in [-0.39, 0.29) is 24.3 Å². The van der Waals surface area contributed by atoms with Gasteiger partial charge >= 0.3 is 5.97 Å². The van der Waals surface area contributed by atoms with Crippen LogP contribution in [0.25, 0.3) is 0 Å². The smallest absolute Gasteiger partial charge is 0.336 e. The number of amides is 1. The molecule has 1 saturated carbocycles. The maximum atomic E-state index is 12.0. The highest BCUT2D eigenvalue weighted by Gasteiger charge is 2.30. The third kappa shape index (κ3) is 3.96. The van der Waals surface area contributed by atoms with Crippen LogP contribution in [0.2, 0.25) is 0 Å². The van der Waals surface area contributed by atoms with E-state index in [2.05, 4.69) is 10.1 Å². The highest BCUT2D eigenvalue weighted by molar-refractivity contribution is 5.80. The molecule has 4 N–H and O–H groups in total. The molecule has 1 aliphatic carbocycles. The Labute approximate surface area is 107 Å². The van der Waals surface area contributed by atoms with Crippen molar-refractivity contribution in [2.24, 2.45) is 17.6 Å². The Kier molecular flexibility index (Phi) is 6.07. The monoisotopic (exact) mass is 258 g/mol. The second kappa shape index (κ2) is 7.33. The summed E-state index contributed by atoms with van der Waals surface area (Å²) in [5.74, 6) is -0.773. The quantitative estimate of drug-likeness (QED) is 0.572. The molecule has 0 aromatic heterocycles. The molecule has 3 unspecified atom stereocenters. The van der Waals surface area contributed by atoms with Crippen LogP contribution in [0, 0.1) is 11.8 Å². The first-order chi connectivity index (χ1) is 8.60. The van der Waals surface area contributed by atoms with Crippen LogP contribution in [0.1, 0.15) is 25.7 Å². The molecule has 1 rings (SSSR count). The van der Waals surface area contributed by atoms with Gasteiger partial charge in [0, 0.05) is 5.92 Å². The van der Waals surface area contributed by atoms with Gasteiger partial charge in [0.1, 0.15) is 0 Å². The summed E-state index contributed by atoms with van der Waals surface area (Å²) in [6.07, 6.45) is 2.61. The summed E-state index contributed by atoms with van der Waals surface area (Å²) in [7, 11) is 1.19. The van der Waals surface area contributed by atoms with Crippen LogP contribution < -0.4 is 11.1 Å². The van der Waals surface area contributed by atoms with Crippen LogP contribution in [0.5, 0.6) is 0 Å². The van der Waals surface area contributed by atoms with Gasteiger partial charge in [0.15, 0.2) is 6.10 Å². The number of hydrogen-bond donors (Lipinski definition) is 3. The molecule has 1 aliphatic rings. The Morgan fingerprint density at radius 3 is 2.72 bits per heavy atom. The van der Waals surface area contributed by atoms with E-state index in [0.29, 0.717) is 6.54 Å². The fourth-order valence-corrected chi connectivity index (χ4v) is 2.38. The molecule has 0 aliphatic heterocycles. The van der Waals surface area contributed by atoms with Gasteiger partial charge in [-0.25, -0.2) is 4.79 Å². The maximum Gasteiger partial charge on any atom is 0.336 e. The molecule has 3 atom stereocenters. The predicted octanol–water partition coefficient (Wildman–Crippen LogP) is -0.598. The number of aliphatic hydroxyl groups excluding tert-OH is 1. The molecule has 0 bridgehead atoms. The number of hydrogen-bond acceptors (Lipinski definition) is 5. The number of esters is 1. The molecule has 104 valence electrons. The minimum atomic E-state index is -1.31. The summed E-state index contributed by atoms with van der Waals surface area (Å²) in [5, 5.41) is 12.0. The average Bonchev–Trinajstić information content (AvgIpc) is 2.43. The first-order valence-electron chi connectivity index (χ1n) is 6.33. The average molecular weight is 258 g/mol. The first-order valence-corrected chi connectivity index (χ1v) is 6.33. The van der Waals surface area contributed by atoms with Gasteiger partial charge in [-0.15, -0.1) is 0 Å². The van der Waals surface area contributed by atoms with Crippen molar-refractivity contribution in [2.45, 2.75) is 31.8 Å². The van der Waals surface area contributed by atoms with Crippen molar-refractivity contribution in [1.82, 2.24) is 5.32 Å². The molecule has 1 amide bonds. The van der Waals surface area contributed by atoms with Gasteiger partial charge in [-0.2, -0.15) is 0 Å². The molecule has 0 aromatic rings. The molecule has 0 saturated heterocycles. The lowest BCUT2D eigenvalue weighted by Crippen LogP contribution is -2.43. The van der Waals surface area contributed by atoms with Gasteiger partial charge < -0.3 is 20.9 Å². The van der Waals surface area contributed by atoms with E-state index < -0.39 is 12.1 Å². The number of aliphatic hydroxyl groups is 1. The van der Waals surface area contributed by atoms with Gasteiger partial charge in [0.2, 0.25) is 5.91 Å². The largest absolute Gasteiger partial charge is 0.467 e. The number of nitrogens with one attached hydrogen (secondary N) is 1. The van der Waals surface area contributed by atoms with E-state index in [4.69, 9.17) is 5.73 Å². The Bertz CT molecular complexity index is 296. The zero-order valence-corrected chi connectivity index (χ0v) is 10.7. The van der Waals surface area contributed by atoms with Crippen molar-refractivity contribution in [1.29, 1.82) is 0 Å². The van der Waals surface area contributed by atoms with Gasteiger partial charge in [0.25, 0.3) is 0 Å². The molecule has 0 radical (unpaired) electrons. The van der Waals surface area contributed by atoms with Crippen LogP contribution >= 0.6 is 0 Å². The zero-order chi connectivity index (χ0) is 13.5. The van der Waals surface area contributed by atoms with Crippen molar-refractivity contribution >= 4 is 11.9 Å². The number of methoxy groups -OCH3 is 1. The summed E-state index contributed by atoms with van der Waals surface area (Å²) < 4.78 is 4.37. The summed E-state index contributed by atoms with van der Waals surface area (Å²) in [6, 6.07) is 0. The number of carbonyl (C=O) groups excluding carboxylic acids is 2. The van der Waals surface area contributed by atoms with E-state index in [9.17, 15) is 14.7 Å². The zero-order valence-electron chi connectivity index (χ0n) is 10.7. The minimum Gasteiger partial charge on any atom is -0.467 e. The normalized spacial score (nSPS) is 25.3. The molecular weight excluding hydrogens is 236 g/mol. The number of rotatable bonds is 5. The lowest BCUT2D eigenvalue weighted by molar-refractivity contribution is -0.150. The van der Waals surface area contributed by atoms with E-state index in [1.807, 2.05) is 0 Å². The summed E-state index contributed by atoms with van der Waals surface area (Å²) >= 11 is 0. The molecule has 0 spiro atoms.